The molecule has 2 heteroatoms. The van der Waals surface area contributed by atoms with Crippen LogP contribution in [0.15, 0.2) is 0 Å². The maximum atomic E-state index is 3.49. The predicted molar refractivity (Wildman–Crippen MR) is 37.0 cm³/mol. The first-order chi connectivity index (χ1) is 2.83. The summed E-state index contributed by atoms with van der Waals surface area (Å²) >= 11 is 0. The van der Waals surface area contributed by atoms with Gasteiger partial charge in [0.25, 0.3) is 0 Å². The maximum Gasteiger partial charge on any atom is 2.00 e. The molecule has 0 N–H and O–H groups in total. The van der Waals surface area contributed by atoms with Gasteiger partial charge >= 0.3 is 17.1 Å². The smallest absolute Gasteiger partial charge is 0.344 e. The second-order valence-corrected chi connectivity index (χ2v) is 1.000. The average molecular weight is 157 g/mol. The summed E-state index contributed by atoms with van der Waals surface area (Å²) in [5.41, 5.74) is 0. The topological polar surface area (TPSA) is 0 Å². The Bertz CT molecular complexity index is 10.5. The minimum absolute atomic E-state index is 0. The van der Waals surface area contributed by atoms with E-state index in [1.165, 1.54) is 0 Å². The van der Waals surface area contributed by atoms with Crippen molar-refractivity contribution in [3.63, 3.8) is 0 Å². The fourth-order valence-corrected chi connectivity index (χ4v) is 0. The van der Waals surface area contributed by atoms with Gasteiger partial charge in [-0.2, -0.15) is 12.8 Å². The summed E-state index contributed by atoms with van der Waals surface area (Å²) in [5, 5.41) is 0. The van der Waals surface area contributed by atoms with Crippen LogP contribution in [-0.4, -0.2) is 18.9 Å². The van der Waals surface area contributed by atoms with Gasteiger partial charge in [0.05, 0.1) is 0 Å². The van der Waals surface area contributed by atoms with Gasteiger partial charge in [0.2, 0.25) is 0 Å². The van der Waals surface area contributed by atoms with Crippen molar-refractivity contribution >= 4 is 18.9 Å². The van der Waals surface area contributed by atoms with E-state index in [4.69, 9.17) is 0 Å². The molecule has 50 valence electrons. The first-order valence-electron chi connectivity index (χ1n) is 2.41. The largest absolute Gasteiger partial charge is 2.00 e. The Labute approximate surface area is 76.5 Å². The molecule has 0 aromatic heterocycles. The fourth-order valence-electron chi connectivity index (χ4n) is 0. The predicted octanol–water partition coefficient (Wildman–Crippen LogP) is 2.08. The number of rotatable bonds is 0. The molecule has 0 aliphatic heterocycles. The molecule has 2 radical (unpaired) electrons. The molecule has 0 saturated heterocycles. The van der Waals surface area contributed by atoms with E-state index < -0.39 is 0 Å². The van der Waals surface area contributed by atoms with Gasteiger partial charge in [0, 0.05) is 18.9 Å². The Balaban J connectivity index is -0.0000000160. The Morgan fingerprint density at radius 1 is 1.00 bits per heavy atom. The first kappa shape index (κ1) is 22.9. The van der Waals surface area contributed by atoms with Gasteiger partial charge in [-0.1, -0.05) is 13.8 Å². The molecule has 8 heavy (non-hydrogen) atoms. The van der Waals surface area contributed by atoms with Crippen molar-refractivity contribution in [1.29, 1.82) is 0 Å². The van der Waals surface area contributed by atoms with Crippen molar-refractivity contribution in [2.24, 2.45) is 0 Å². The molecular formula is C6H14CuLi. The normalized spacial score (nSPS) is 4.50. The van der Waals surface area contributed by atoms with Crippen LogP contribution in [0.5, 0.6) is 0 Å². The van der Waals surface area contributed by atoms with Crippen molar-refractivity contribution < 1.29 is 17.1 Å². The van der Waals surface area contributed by atoms with Crippen molar-refractivity contribution in [1.82, 2.24) is 0 Å². The Morgan fingerprint density at radius 2 is 1.00 bits per heavy atom. The van der Waals surface area contributed by atoms with E-state index in [2.05, 4.69) is 13.8 Å². The molecule has 0 aliphatic rings. The van der Waals surface area contributed by atoms with Crippen LogP contribution in [0.1, 0.15) is 26.7 Å². The molecular weight excluding hydrogens is 143 g/mol. The first-order valence-corrected chi connectivity index (χ1v) is 2.41. The molecule has 0 heterocycles. The molecule has 0 nitrogen and oxygen atoms in total. The molecule has 0 rings (SSSR count). The van der Waals surface area contributed by atoms with Crippen LogP contribution in [0, 0.1) is 13.8 Å². The van der Waals surface area contributed by atoms with E-state index in [9.17, 15) is 0 Å². The van der Waals surface area contributed by atoms with Crippen LogP contribution in [0.3, 0.4) is 0 Å². The molecule has 0 aliphatic carbocycles. The van der Waals surface area contributed by atoms with E-state index in [1.807, 2.05) is 13.8 Å². The quantitative estimate of drug-likeness (QED) is 0.372. The minimum Gasteiger partial charge on any atom is -0.344 e. The van der Waals surface area contributed by atoms with Gasteiger partial charge in [-0.3, -0.25) is 0 Å². The van der Waals surface area contributed by atoms with E-state index in [0.717, 1.165) is 12.8 Å². The van der Waals surface area contributed by atoms with Crippen molar-refractivity contribution in [3.8, 4) is 0 Å². The molecule has 0 fully saturated rings. The Morgan fingerprint density at radius 3 is 1.00 bits per heavy atom. The van der Waals surface area contributed by atoms with Crippen LogP contribution < -0.4 is 0 Å². The molecule has 0 aromatic rings. The van der Waals surface area contributed by atoms with Crippen molar-refractivity contribution in [2.75, 3.05) is 0 Å². The monoisotopic (exact) mass is 156 g/mol. The van der Waals surface area contributed by atoms with Gasteiger partial charge in [-0.25, -0.2) is 0 Å². The Hall–Kier alpha value is 1.12. The number of hydrogen-bond acceptors (Lipinski definition) is 0. The zero-order chi connectivity index (χ0) is 5.41. The molecule has 0 aromatic carbocycles. The van der Waals surface area contributed by atoms with Crippen LogP contribution >= 0.6 is 0 Å². The molecule has 0 atom stereocenters. The van der Waals surface area contributed by atoms with Crippen LogP contribution in [0.4, 0.5) is 0 Å². The van der Waals surface area contributed by atoms with E-state index in [1.54, 1.807) is 0 Å². The third-order valence-corrected chi connectivity index (χ3v) is 0. The van der Waals surface area contributed by atoms with Gasteiger partial charge in [-0.15, -0.1) is 0 Å². The summed E-state index contributed by atoms with van der Waals surface area (Å²) in [6.45, 7) is 11.0. The zero-order valence-corrected chi connectivity index (χ0v) is 7.07. The second-order valence-electron chi connectivity index (χ2n) is 1.000. The Kier molecular flexibility index (Phi) is 121. The van der Waals surface area contributed by atoms with Gasteiger partial charge < -0.3 is 13.8 Å². The summed E-state index contributed by atoms with van der Waals surface area (Å²) in [7, 11) is 0. The standard InChI is InChI=1S/2C3H7.Cu.Li/c2*1-3-2;;/h2*1,3H2,2H3;;/q2*-1;+2;. The SMILES string of the molecule is [CH2-]CC.[CH2-]CC.[Cu+2].[Li]. The van der Waals surface area contributed by atoms with Gasteiger partial charge in [0.15, 0.2) is 0 Å². The zero-order valence-electron chi connectivity index (χ0n) is 6.13. The molecule has 0 saturated carbocycles. The van der Waals surface area contributed by atoms with Crippen LogP contribution in [-0.2, 0) is 17.1 Å². The second kappa shape index (κ2) is 42.3. The third-order valence-electron chi connectivity index (χ3n) is 0. The summed E-state index contributed by atoms with van der Waals surface area (Å²) in [6.07, 6.45) is 2.00. The van der Waals surface area contributed by atoms with E-state index >= 15 is 0 Å². The minimum atomic E-state index is 0. The summed E-state index contributed by atoms with van der Waals surface area (Å²) < 4.78 is 0. The average Bonchev–Trinajstić information content (AvgIpc) is 1.39. The van der Waals surface area contributed by atoms with Gasteiger partial charge in [-0.05, 0) is 0 Å². The summed E-state index contributed by atoms with van der Waals surface area (Å²) in [5.74, 6) is 0. The molecule has 0 spiro atoms. The molecule has 0 unspecified atom stereocenters. The fraction of sp³-hybridized carbons (Fsp3) is 0.667. The van der Waals surface area contributed by atoms with Crippen molar-refractivity contribution in [2.45, 2.75) is 26.7 Å². The number of hydrogen-bond donors (Lipinski definition) is 0. The maximum absolute atomic E-state index is 3.49. The summed E-state index contributed by atoms with van der Waals surface area (Å²) in [6, 6.07) is 0. The van der Waals surface area contributed by atoms with Crippen molar-refractivity contribution in [3.05, 3.63) is 13.8 Å². The third kappa shape index (κ3) is 213. The molecule has 0 amide bonds. The van der Waals surface area contributed by atoms with E-state index in [-0.39, 0.29) is 35.9 Å². The van der Waals surface area contributed by atoms with Gasteiger partial charge in [0.1, 0.15) is 0 Å². The van der Waals surface area contributed by atoms with E-state index in [0.29, 0.717) is 0 Å². The summed E-state index contributed by atoms with van der Waals surface area (Å²) in [4.78, 5) is 0. The molecule has 0 bridgehead atoms. The van der Waals surface area contributed by atoms with Crippen LogP contribution in [0.2, 0.25) is 0 Å². The van der Waals surface area contributed by atoms with Crippen LogP contribution in [0.25, 0.3) is 0 Å².